The highest BCUT2D eigenvalue weighted by Crippen LogP contribution is 2.30. The van der Waals surface area contributed by atoms with Gasteiger partial charge in [-0.25, -0.2) is 0 Å². The quantitative estimate of drug-likeness (QED) is 0.519. The first-order valence-corrected chi connectivity index (χ1v) is 11.4. The van der Waals surface area contributed by atoms with Gasteiger partial charge in [-0.1, -0.05) is 48.5 Å². The summed E-state index contributed by atoms with van der Waals surface area (Å²) in [6.07, 6.45) is 4.65. The van der Waals surface area contributed by atoms with E-state index in [1.807, 2.05) is 18.2 Å². The first-order valence-electron chi connectivity index (χ1n) is 11.4. The van der Waals surface area contributed by atoms with E-state index >= 15 is 0 Å². The number of amides is 1. The Morgan fingerprint density at radius 1 is 1.03 bits per heavy atom. The molecule has 2 aromatic carbocycles. The number of benzene rings is 2. The zero-order chi connectivity index (χ0) is 23.0. The number of aldehydes is 1. The minimum Gasteiger partial charge on any atom is -0.508 e. The van der Waals surface area contributed by atoms with Crippen molar-refractivity contribution in [1.82, 2.24) is 15.2 Å². The van der Waals surface area contributed by atoms with Crippen LogP contribution in [0, 0.1) is 0 Å². The molecule has 1 aromatic heterocycles. The Labute approximate surface area is 194 Å². The molecule has 0 aliphatic carbocycles. The lowest BCUT2D eigenvalue weighted by molar-refractivity contribution is -0.109. The third kappa shape index (κ3) is 6.05. The van der Waals surface area contributed by atoms with Gasteiger partial charge >= 0.3 is 0 Å². The molecule has 1 amide bonds. The van der Waals surface area contributed by atoms with Crippen molar-refractivity contribution in [3.8, 4) is 5.75 Å². The van der Waals surface area contributed by atoms with Crippen LogP contribution >= 0.6 is 0 Å². The molecule has 3 aromatic rings. The number of likely N-dealkylation sites (tertiary alicyclic amines) is 1. The standard InChI is InChI=1S/C27H29N3O3/c31-19-23(17-20-8-10-24(32)11-9-20)29-27(33)26-25(7-4-14-28-26)22-12-15-30(16-13-22)18-21-5-2-1-3-6-21/h1-11,14,19,22-23,32H,12-13,15-18H2,(H,29,33). The van der Waals surface area contributed by atoms with Crippen molar-refractivity contribution in [2.45, 2.75) is 37.8 Å². The molecule has 0 radical (unpaired) electrons. The molecule has 1 fully saturated rings. The Hall–Kier alpha value is -3.51. The van der Waals surface area contributed by atoms with E-state index < -0.39 is 6.04 Å². The van der Waals surface area contributed by atoms with Crippen molar-refractivity contribution in [3.63, 3.8) is 0 Å². The Balaban J connectivity index is 1.39. The van der Waals surface area contributed by atoms with Gasteiger partial charge in [0.1, 0.15) is 17.7 Å². The molecule has 1 unspecified atom stereocenters. The van der Waals surface area contributed by atoms with Crippen LogP contribution in [-0.4, -0.2) is 46.3 Å². The third-order valence-corrected chi connectivity index (χ3v) is 6.20. The predicted molar refractivity (Wildman–Crippen MR) is 127 cm³/mol. The first kappa shape index (κ1) is 22.7. The topological polar surface area (TPSA) is 82.5 Å². The summed E-state index contributed by atoms with van der Waals surface area (Å²) >= 11 is 0. The Bertz CT molecular complexity index is 1060. The molecular weight excluding hydrogens is 414 g/mol. The molecule has 1 saturated heterocycles. The summed E-state index contributed by atoms with van der Waals surface area (Å²) in [5.74, 6) is 0.102. The zero-order valence-electron chi connectivity index (χ0n) is 18.6. The van der Waals surface area contributed by atoms with Crippen LogP contribution < -0.4 is 5.32 Å². The maximum Gasteiger partial charge on any atom is 0.270 e. The molecule has 6 heteroatoms. The number of pyridine rings is 1. The van der Waals surface area contributed by atoms with E-state index in [2.05, 4.69) is 39.5 Å². The van der Waals surface area contributed by atoms with Crippen LogP contribution in [0.1, 0.15) is 45.9 Å². The van der Waals surface area contributed by atoms with Gasteiger partial charge in [-0.15, -0.1) is 0 Å². The second kappa shape index (κ2) is 10.9. The summed E-state index contributed by atoms with van der Waals surface area (Å²) in [7, 11) is 0. The van der Waals surface area contributed by atoms with Gasteiger partial charge in [0.15, 0.2) is 0 Å². The molecule has 0 spiro atoms. The lowest BCUT2D eigenvalue weighted by Gasteiger charge is -2.32. The van der Waals surface area contributed by atoms with E-state index in [0.29, 0.717) is 12.1 Å². The monoisotopic (exact) mass is 443 g/mol. The summed E-state index contributed by atoms with van der Waals surface area (Å²) in [6, 6.07) is 20.3. The van der Waals surface area contributed by atoms with Crippen LogP contribution in [0.25, 0.3) is 0 Å². The molecule has 170 valence electrons. The van der Waals surface area contributed by atoms with E-state index in [4.69, 9.17) is 0 Å². The number of phenolic OH excluding ortho intramolecular Hbond substituents is 1. The molecule has 1 aliphatic rings. The second-order valence-electron chi connectivity index (χ2n) is 8.56. The van der Waals surface area contributed by atoms with Gasteiger partial charge in [0.05, 0.1) is 6.04 Å². The fourth-order valence-corrected chi connectivity index (χ4v) is 4.44. The highest BCUT2D eigenvalue weighted by Gasteiger charge is 2.26. The van der Waals surface area contributed by atoms with Crippen molar-refractivity contribution in [2.75, 3.05) is 13.1 Å². The molecule has 6 nitrogen and oxygen atoms in total. The van der Waals surface area contributed by atoms with Crippen LogP contribution in [0.2, 0.25) is 0 Å². The van der Waals surface area contributed by atoms with Crippen molar-refractivity contribution in [2.24, 2.45) is 0 Å². The fourth-order valence-electron chi connectivity index (χ4n) is 4.44. The highest BCUT2D eigenvalue weighted by atomic mass is 16.3. The number of aromatic hydroxyl groups is 1. The van der Waals surface area contributed by atoms with Crippen molar-refractivity contribution >= 4 is 12.2 Å². The van der Waals surface area contributed by atoms with Gasteiger partial charge in [-0.05, 0) is 73.2 Å². The van der Waals surface area contributed by atoms with Gasteiger partial charge in [0.25, 0.3) is 5.91 Å². The normalized spacial score (nSPS) is 15.6. The zero-order valence-corrected chi connectivity index (χ0v) is 18.6. The molecule has 33 heavy (non-hydrogen) atoms. The lowest BCUT2D eigenvalue weighted by Crippen LogP contribution is -2.39. The van der Waals surface area contributed by atoms with E-state index in [9.17, 15) is 14.7 Å². The summed E-state index contributed by atoms with van der Waals surface area (Å²) in [5.41, 5.74) is 3.52. The second-order valence-corrected chi connectivity index (χ2v) is 8.56. The maximum absolute atomic E-state index is 13.0. The molecule has 1 aliphatic heterocycles. The number of hydrogen-bond donors (Lipinski definition) is 2. The third-order valence-electron chi connectivity index (χ3n) is 6.20. The molecule has 1 atom stereocenters. The fraction of sp³-hybridized carbons (Fsp3) is 0.296. The minimum atomic E-state index is -0.662. The Kier molecular flexibility index (Phi) is 7.47. The van der Waals surface area contributed by atoms with Gasteiger partial charge in [0, 0.05) is 12.7 Å². The SMILES string of the molecule is O=CC(Cc1ccc(O)cc1)NC(=O)c1ncccc1C1CCN(Cc2ccccc2)CC1. The van der Waals surface area contributed by atoms with Crippen LogP contribution in [-0.2, 0) is 17.8 Å². The number of phenols is 1. The van der Waals surface area contributed by atoms with Crippen LogP contribution in [0.5, 0.6) is 5.75 Å². The number of nitrogens with one attached hydrogen (secondary N) is 1. The van der Waals surface area contributed by atoms with Gasteiger partial charge in [-0.2, -0.15) is 0 Å². The van der Waals surface area contributed by atoms with E-state index in [1.54, 1.807) is 30.5 Å². The smallest absolute Gasteiger partial charge is 0.270 e. The van der Waals surface area contributed by atoms with Gasteiger partial charge in [-0.3, -0.25) is 14.7 Å². The van der Waals surface area contributed by atoms with Crippen LogP contribution in [0.15, 0.2) is 72.9 Å². The summed E-state index contributed by atoms with van der Waals surface area (Å²) < 4.78 is 0. The number of aromatic nitrogens is 1. The summed E-state index contributed by atoms with van der Waals surface area (Å²) in [4.78, 5) is 31.5. The molecule has 2 N–H and O–H groups in total. The lowest BCUT2D eigenvalue weighted by atomic mass is 9.88. The number of hydrogen-bond acceptors (Lipinski definition) is 5. The average Bonchev–Trinajstić information content (AvgIpc) is 2.86. The van der Waals surface area contributed by atoms with E-state index in [-0.39, 0.29) is 17.6 Å². The number of piperidine rings is 1. The van der Waals surface area contributed by atoms with Gasteiger partial charge in [0.2, 0.25) is 0 Å². The molecular formula is C27H29N3O3. The molecule has 4 rings (SSSR count). The van der Waals surface area contributed by atoms with E-state index in [0.717, 1.165) is 49.9 Å². The number of carbonyl (C=O) groups is 2. The number of rotatable bonds is 8. The van der Waals surface area contributed by atoms with Gasteiger partial charge < -0.3 is 15.2 Å². The number of carbonyl (C=O) groups excluding carboxylic acids is 2. The average molecular weight is 444 g/mol. The first-order chi connectivity index (χ1) is 16.1. The highest BCUT2D eigenvalue weighted by molar-refractivity contribution is 5.95. The largest absolute Gasteiger partial charge is 0.508 e. The number of nitrogens with zero attached hydrogens (tertiary/aromatic N) is 2. The van der Waals surface area contributed by atoms with Crippen molar-refractivity contribution in [3.05, 3.63) is 95.3 Å². The predicted octanol–water partition coefficient (Wildman–Crippen LogP) is 3.71. The van der Waals surface area contributed by atoms with Crippen molar-refractivity contribution < 1.29 is 14.7 Å². The molecule has 2 heterocycles. The molecule has 0 bridgehead atoms. The summed E-state index contributed by atoms with van der Waals surface area (Å²) in [5, 5.41) is 12.3. The Morgan fingerprint density at radius 2 is 1.76 bits per heavy atom. The van der Waals surface area contributed by atoms with E-state index in [1.165, 1.54) is 5.56 Å². The molecule has 0 saturated carbocycles. The van der Waals surface area contributed by atoms with Crippen LogP contribution in [0.4, 0.5) is 0 Å². The van der Waals surface area contributed by atoms with Crippen LogP contribution in [0.3, 0.4) is 0 Å². The summed E-state index contributed by atoms with van der Waals surface area (Å²) in [6.45, 7) is 2.87. The Morgan fingerprint density at radius 3 is 2.45 bits per heavy atom. The maximum atomic E-state index is 13.0. The van der Waals surface area contributed by atoms with Crippen molar-refractivity contribution in [1.29, 1.82) is 0 Å². The minimum absolute atomic E-state index is 0.165.